The minimum atomic E-state index is -4.14. The second-order valence-corrected chi connectivity index (χ2v) is 9.30. The zero-order chi connectivity index (χ0) is 24.1. The molecule has 0 spiro atoms. The largest absolute Gasteiger partial charge is 0.486 e. The number of nitriles is 1. The molecule has 0 aromatic heterocycles. The summed E-state index contributed by atoms with van der Waals surface area (Å²) in [6, 6.07) is 16.3. The molecular weight excluding hydrogens is 461 g/mol. The van der Waals surface area contributed by atoms with Gasteiger partial charge in [-0.3, -0.25) is 4.79 Å². The number of rotatable bonds is 7. The molecule has 0 fully saturated rings. The van der Waals surface area contributed by atoms with E-state index in [9.17, 15) is 17.6 Å². The van der Waals surface area contributed by atoms with Crippen molar-refractivity contribution in [3.05, 3.63) is 72.0 Å². The number of hydrogen-bond donors (Lipinski definition) is 2. The van der Waals surface area contributed by atoms with Gasteiger partial charge >= 0.3 is 0 Å². The van der Waals surface area contributed by atoms with E-state index in [1.165, 1.54) is 24.3 Å². The SMILES string of the molecule is N#CCc1ccc(NC(=O)CNc2ccc(F)cc2S(=O)(=O)c2ccc3c(c2)OCCO3)cc1. The first-order valence-electron chi connectivity index (χ1n) is 10.3. The standard InChI is InChI=1S/C24H20FN3O5S/c25-17-3-7-20(27-15-24(29)28-18-4-1-16(2-5-18)9-10-26)23(13-17)34(30,31)19-6-8-21-22(14-19)33-12-11-32-21/h1-8,13-14,27H,9,11-12,15H2,(H,28,29). The molecule has 0 radical (unpaired) electrons. The number of benzene rings is 3. The van der Waals surface area contributed by atoms with Crippen LogP contribution in [0.1, 0.15) is 5.56 Å². The molecule has 10 heteroatoms. The lowest BCUT2D eigenvalue weighted by molar-refractivity contribution is -0.114. The number of carbonyl (C=O) groups is 1. The lowest BCUT2D eigenvalue weighted by Crippen LogP contribution is -2.22. The predicted molar refractivity (Wildman–Crippen MR) is 122 cm³/mol. The molecule has 2 N–H and O–H groups in total. The fourth-order valence-corrected chi connectivity index (χ4v) is 4.82. The van der Waals surface area contributed by atoms with Gasteiger partial charge in [0.2, 0.25) is 15.7 Å². The summed E-state index contributed by atoms with van der Waals surface area (Å²) >= 11 is 0. The van der Waals surface area contributed by atoms with Crippen molar-refractivity contribution in [2.24, 2.45) is 0 Å². The normalized spacial score (nSPS) is 12.5. The Morgan fingerprint density at radius 1 is 1.00 bits per heavy atom. The number of sulfone groups is 1. The number of amides is 1. The number of anilines is 2. The highest BCUT2D eigenvalue weighted by Crippen LogP contribution is 2.36. The summed E-state index contributed by atoms with van der Waals surface area (Å²) in [4.78, 5) is 12.0. The van der Waals surface area contributed by atoms with E-state index in [0.717, 1.165) is 17.7 Å². The van der Waals surface area contributed by atoms with Crippen LogP contribution < -0.4 is 20.1 Å². The lowest BCUT2D eigenvalue weighted by Gasteiger charge is -2.19. The Bertz CT molecular complexity index is 1370. The van der Waals surface area contributed by atoms with Crippen molar-refractivity contribution >= 4 is 27.1 Å². The molecule has 0 aliphatic carbocycles. The van der Waals surface area contributed by atoms with Crippen molar-refractivity contribution in [3.8, 4) is 17.6 Å². The van der Waals surface area contributed by atoms with Gasteiger partial charge in [0, 0.05) is 11.8 Å². The first-order valence-corrected chi connectivity index (χ1v) is 11.8. The average Bonchev–Trinajstić information content (AvgIpc) is 2.84. The van der Waals surface area contributed by atoms with Crippen molar-refractivity contribution in [2.75, 3.05) is 30.4 Å². The van der Waals surface area contributed by atoms with Crippen LogP contribution in [-0.2, 0) is 21.1 Å². The summed E-state index contributed by atoms with van der Waals surface area (Å²) in [6.45, 7) is 0.401. The number of nitrogens with one attached hydrogen (secondary N) is 2. The van der Waals surface area contributed by atoms with Crippen molar-refractivity contribution < 1.29 is 27.1 Å². The summed E-state index contributed by atoms with van der Waals surface area (Å²) in [6.07, 6.45) is 0.265. The second-order valence-electron chi connectivity index (χ2n) is 7.38. The van der Waals surface area contributed by atoms with Crippen LogP contribution in [0.5, 0.6) is 11.5 Å². The van der Waals surface area contributed by atoms with Gasteiger partial charge in [0.15, 0.2) is 11.5 Å². The molecule has 0 saturated heterocycles. The maximum atomic E-state index is 14.0. The molecule has 0 bridgehead atoms. The Morgan fingerprint density at radius 3 is 2.47 bits per heavy atom. The molecule has 1 aliphatic heterocycles. The van der Waals surface area contributed by atoms with Gasteiger partial charge in [-0.05, 0) is 48.0 Å². The fraction of sp³-hybridized carbons (Fsp3) is 0.167. The smallest absolute Gasteiger partial charge is 0.243 e. The van der Waals surface area contributed by atoms with Gasteiger partial charge in [-0.25, -0.2) is 12.8 Å². The highest BCUT2D eigenvalue weighted by molar-refractivity contribution is 7.91. The second kappa shape index (κ2) is 9.80. The van der Waals surface area contributed by atoms with Crippen LogP contribution in [0.15, 0.2) is 70.5 Å². The highest BCUT2D eigenvalue weighted by Gasteiger charge is 2.25. The van der Waals surface area contributed by atoms with E-state index in [0.29, 0.717) is 30.4 Å². The molecule has 3 aromatic rings. The minimum Gasteiger partial charge on any atom is -0.486 e. The third kappa shape index (κ3) is 5.10. The van der Waals surface area contributed by atoms with Gasteiger partial charge in [0.1, 0.15) is 19.0 Å². The number of halogens is 1. The van der Waals surface area contributed by atoms with Crippen molar-refractivity contribution in [2.45, 2.75) is 16.2 Å². The number of carbonyl (C=O) groups excluding carboxylic acids is 1. The average molecular weight is 482 g/mol. The van der Waals surface area contributed by atoms with Gasteiger partial charge in [-0.15, -0.1) is 0 Å². The molecule has 4 rings (SSSR count). The third-order valence-corrected chi connectivity index (χ3v) is 6.81. The van der Waals surface area contributed by atoms with E-state index in [1.807, 2.05) is 6.07 Å². The molecule has 0 atom stereocenters. The Labute approximate surface area is 195 Å². The molecule has 1 amide bonds. The summed E-state index contributed by atoms with van der Waals surface area (Å²) in [5.41, 5.74) is 1.42. The van der Waals surface area contributed by atoms with Crippen LogP contribution in [-0.4, -0.2) is 34.1 Å². The molecule has 0 saturated carbocycles. The molecule has 1 aliphatic rings. The Balaban J connectivity index is 1.52. The van der Waals surface area contributed by atoms with Crippen LogP contribution in [0.25, 0.3) is 0 Å². The molecule has 8 nitrogen and oxygen atoms in total. The van der Waals surface area contributed by atoms with E-state index in [-0.39, 0.29) is 28.4 Å². The van der Waals surface area contributed by atoms with Crippen LogP contribution in [0.2, 0.25) is 0 Å². The van der Waals surface area contributed by atoms with Gasteiger partial charge < -0.3 is 20.1 Å². The van der Waals surface area contributed by atoms with E-state index in [1.54, 1.807) is 24.3 Å². The van der Waals surface area contributed by atoms with Crippen LogP contribution in [0, 0.1) is 17.1 Å². The van der Waals surface area contributed by atoms with Crippen molar-refractivity contribution in [1.29, 1.82) is 5.26 Å². The quantitative estimate of drug-likeness (QED) is 0.530. The van der Waals surface area contributed by atoms with Crippen molar-refractivity contribution in [1.82, 2.24) is 0 Å². The first kappa shape index (κ1) is 23.1. The number of nitrogens with zero attached hydrogens (tertiary/aromatic N) is 1. The van der Waals surface area contributed by atoms with Gasteiger partial charge in [-0.1, -0.05) is 12.1 Å². The maximum Gasteiger partial charge on any atom is 0.243 e. The third-order valence-electron chi connectivity index (χ3n) is 5.02. The van der Waals surface area contributed by atoms with E-state index >= 15 is 0 Å². The molecule has 34 heavy (non-hydrogen) atoms. The van der Waals surface area contributed by atoms with E-state index < -0.39 is 21.6 Å². The van der Waals surface area contributed by atoms with Crippen molar-refractivity contribution in [3.63, 3.8) is 0 Å². The molecular formula is C24H20FN3O5S. The molecule has 1 heterocycles. The molecule has 3 aromatic carbocycles. The highest BCUT2D eigenvalue weighted by atomic mass is 32.2. The summed E-state index contributed by atoms with van der Waals surface area (Å²) in [7, 11) is -4.14. The first-order chi connectivity index (χ1) is 16.4. The monoisotopic (exact) mass is 481 g/mol. The van der Waals surface area contributed by atoms with Crippen LogP contribution in [0.3, 0.4) is 0 Å². The molecule has 0 unspecified atom stereocenters. The summed E-state index contributed by atoms with van der Waals surface area (Å²) in [5.74, 6) is -0.442. The Kier molecular flexibility index (Phi) is 6.65. The van der Waals surface area contributed by atoms with E-state index in [4.69, 9.17) is 14.7 Å². The number of hydrogen-bond acceptors (Lipinski definition) is 7. The maximum absolute atomic E-state index is 14.0. The Morgan fingerprint density at radius 2 is 1.74 bits per heavy atom. The summed E-state index contributed by atoms with van der Waals surface area (Å²) in [5, 5.41) is 14.2. The Hall–Kier alpha value is -4.10. The topological polar surface area (TPSA) is 118 Å². The van der Waals surface area contributed by atoms with Gasteiger partial charge in [0.05, 0.1) is 34.5 Å². The summed E-state index contributed by atoms with van der Waals surface area (Å²) < 4.78 is 51.5. The van der Waals surface area contributed by atoms with Crippen LogP contribution >= 0.6 is 0 Å². The fourth-order valence-electron chi connectivity index (χ4n) is 3.36. The lowest BCUT2D eigenvalue weighted by atomic mass is 10.1. The zero-order valence-electron chi connectivity index (χ0n) is 17.9. The van der Waals surface area contributed by atoms with Gasteiger partial charge in [0.25, 0.3) is 0 Å². The van der Waals surface area contributed by atoms with E-state index in [2.05, 4.69) is 10.6 Å². The van der Waals surface area contributed by atoms with Crippen LogP contribution in [0.4, 0.5) is 15.8 Å². The zero-order valence-corrected chi connectivity index (χ0v) is 18.7. The van der Waals surface area contributed by atoms with Gasteiger partial charge in [-0.2, -0.15) is 5.26 Å². The number of ether oxygens (including phenoxy) is 2. The minimum absolute atomic E-state index is 0.0795. The molecule has 174 valence electrons. The predicted octanol–water partition coefficient (Wildman–Crippen LogP) is 3.55. The number of fused-ring (bicyclic) bond motifs is 1.